The highest BCUT2D eigenvalue weighted by Gasteiger charge is 2.14. The lowest BCUT2D eigenvalue weighted by molar-refractivity contribution is 0.405. The Morgan fingerprint density at radius 3 is 2.75 bits per heavy atom. The number of nitrogens with one attached hydrogen (secondary N) is 1. The summed E-state index contributed by atoms with van der Waals surface area (Å²) in [5, 5.41) is 0. The summed E-state index contributed by atoms with van der Waals surface area (Å²) in [6.07, 6.45) is 2.58. The summed E-state index contributed by atoms with van der Waals surface area (Å²) in [4.78, 5) is 4.31. The van der Waals surface area contributed by atoms with Crippen molar-refractivity contribution < 1.29 is 4.74 Å². The summed E-state index contributed by atoms with van der Waals surface area (Å²) < 4.78 is 6.42. The number of hydrazine groups is 1. The predicted octanol–water partition coefficient (Wildman–Crippen LogP) is 2.91. The number of halogens is 1. The molecule has 1 aromatic heterocycles. The van der Waals surface area contributed by atoms with Gasteiger partial charge >= 0.3 is 0 Å². The minimum Gasteiger partial charge on any atom is -0.496 e. The summed E-state index contributed by atoms with van der Waals surface area (Å²) in [6.45, 7) is 1.96. The van der Waals surface area contributed by atoms with Crippen LogP contribution in [0.15, 0.2) is 41.0 Å². The number of aryl methyl sites for hydroxylation is 1. The van der Waals surface area contributed by atoms with E-state index in [1.165, 1.54) is 0 Å². The van der Waals surface area contributed by atoms with Crippen LogP contribution in [0.5, 0.6) is 5.75 Å². The predicted molar refractivity (Wildman–Crippen MR) is 83.4 cm³/mol. The Morgan fingerprint density at radius 2 is 2.15 bits per heavy atom. The number of nitrogens with two attached hydrogens (primary N) is 1. The quantitative estimate of drug-likeness (QED) is 0.651. The lowest BCUT2D eigenvalue weighted by atomic mass is 10.00. The molecule has 1 heterocycles. The first-order valence-corrected chi connectivity index (χ1v) is 7.14. The van der Waals surface area contributed by atoms with E-state index >= 15 is 0 Å². The molecule has 0 saturated heterocycles. The van der Waals surface area contributed by atoms with Gasteiger partial charge in [-0.05, 0) is 48.7 Å². The molecule has 0 spiro atoms. The molecule has 5 heteroatoms. The third kappa shape index (κ3) is 3.56. The highest BCUT2D eigenvalue weighted by Crippen LogP contribution is 2.27. The van der Waals surface area contributed by atoms with Crippen LogP contribution in [-0.4, -0.2) is 12.1 Å². The Morgan fingerprint density at radius 1 is 1.35 bits per heavy atom. The maximum absolute atomic E-state index is 5.69. The Bertz CT molecular complexity index is 572. The van der Waals surface area contributed by atoms with Crippen LogP contribution in [0.1, 0.15) is 22.9 Å². The van der Waals surface area contributed by atoms with E-state index in [4.69, 9.17) is 10.6 Å². The van der Waals surface area contributed by atoms with Crippen LogP contribution in [0.2, 0.25) is 0 Å². The average Bonchev–Trinajstić information content (AvgIpc) is 2.46. The molecule has 2 rings (SSSR count). The molecular formula is C15H18BrN3O. The van der Waals surface area contributed by atoms with E-state index in [1.54, 1.807) is 7.11 Å². The lowest BCUT2D eigenvalue weighted by Gasteiger charge is -2.18. The Labute approximate surface area is 127 Å². The molecule has 0 bridgehead atoms. The molecule has 1 unspecified atom stereocenters. The first-order chi connectivity index (χ1) is 9.63. The second kappa shape index (κ2) is 6.83. The van der Waals surface area contributed by atoms with Crippen molar-refractivity contribution in [1.29, 1.82) is 0 Å². The molecule has 3 N–H and O–H groups in total. The molecule has 0 aliphatic carbocycles. The number of methoxy groups -OCH3 is 1. The van der Waals surface area contributed by atoms with Gasteiger partial charge in [0.15, 0.2) is 0 Å². The monoisotopic (exact) mass is 335 g/mol. The van der Waals surface area contributed by atoms with Gasteiger partial charge in [-0.25, -0.2) is 0 Å². The zero-order valence-electron chi connectivity index (χ0n) is 11.6. The maximum Gasteiger partial charge on any atom is 0.122 e. The molecule has 1 aromatic carbocycles. The van der Waals surface area contributed by atoms with Gasteiger partial charge in [0.1, 0.15) is 5.75 Å². The standard InChI is InChI=1S/C15H18BrN3O/c1-10-3-4-11(9-18-10)14(19-17)8-12-7-13(16)5-6-15(12)20-2/h3-7,9,14,19H,8,17H2,1-2H3. The second-order valence-electron chi connectivity index (χ2n) is 4.61. The Hall–Kier alpha value is -1.43. The van der Waals surface area contributed by atoms with E-state index < -0.39 is 0 Å². The highest BCUT2D eigenvalue weighted by molar-refractivity contribution is 9.10. The molecular weight excluding hydrogens is 318 g/mol. The number of hydrogen-bond donors (Lipinski definition) is 2. The zero-order chi connectivity index (χ0) is 14.5. The van der Waals surface area contributed by atoms with Gasteiger partial charge in [0.05, 0.1) is 13.2 Å². The van der Waals surface area contributed by atoms with E-state index in [9.17, 15) is 0 Å². The molecule has 0 aliphatic rings. The summed E-state index contributed by atoms with van der Waals surface area (Å²) in [6, 6.07) is 9.97. The van der Waals surface area contributed by atoms with Crippen molar-refractivity contribution in [2.45, 2.75) is 19.4 Å². The van der Waals surface area contributed by atoms with Crippen LogP contribution in [-0.2, 0) is 6.42 Å². The second-order valence-corrected chi connectivity index (χ2v) is 5.53. The molecule has 0 amide bonds. The maximum atomic E-state index is 5.69. The number of hydrogen-bond acceptors (Lipinski definition) is 4. The fourth-order valence-electron chi connectivity index (χ4n) is 2.08. The average molecular weight is 336 g/mol. The molecule has 4 nitrogen and oxygen atoms in total. The van der Waals surface area contributed by atoms with Gasteiger partial charge in [0.25, 0.3) is 0 Å². The Balaban J connectivity index is 2.26. The molecule has 1 atom stereocenters. The van der Waals surface area contributed by atoms with Gasteiger partial charge in [0.2, 0.25) is 0 Å². The number of aromatic nitrogens is 1. The highest BCUT2D eigenvalue weighted by atomic mass is 79.9. The van der Waals surface area contributed by atoms with Crippen molar-refractivity contribution in [2.24, 2.45) is 5.84 Å². The first-order valence-electron chi connectivity index (χ1n) is 6.35. The Kier molecular flexibility index (Phi) is 5.11. The van der Waals surface area contributed by atoms with Crippen molar-refractivity contribution in [3.05, 3.63) is 57.8 Å². The largest absolute Gasteiger partial charge is 0.496 e. The van der Waals surface area contributed by atoms with Crippen molar-refractivity contribution >= 4 is 15.9 Å². The SMILES string of the molecule is COc1ccc(Br)cc1CC(NN)c1ccc(C)nc1. The van der Waals surface area contributed by atoms with E-state index in [-0.39, 0.29) is 6.04 Å². The van der Waals surface area contributed by atoms with Crippen molar-refractivity contribution in [3.63, 3.8) is 0 Å². The van der Waals surface area contributed by atoms with Crippen LogP contribution >= 0.6 is 15.9 Å². The molecule has 0 fully saturated rings. The van der Waals surface area contributed by atoms with E-state index in [1.807, 2.05) is 43.5 Å². The molecule has 0 aliphatic heterocycles. The minimum atomic E-state index is -0.00806. The number of rotatable bonds is 5. The molecule has 0 saturated carbocycles. The van der Waals surface area contributed by atoms with Gasteiger partial charge in [-0.1, -0.05) is 22.0 Å². The smallest absolute Gasteiger partial charge is 0.122 e. The minimum absolute atomic E-state index is 0.00806. The van der Waals surface area contributed by atoms with E-state index in [0.717, 1.165) is 33.5 Å². The summed E-state index contributed by atoms with van der Waals surface area (Å²) in [7, 11) is 1.67. The van der Waals surface area contributed by atoms with Crippen LogP contribution in [0.3, 0.4) is 0 Å². The summed E-state index contributed by atoms with van der Waals surface area (Å²) in [5.74, 6) is 6.55. The fourth-order valence-corrected chi connectivity index (χ4v) is 2.49. The van der Waals surface area contributed by atoms with Crippen molar-refractivity contribution in [2.75, 3.05) is 7.11 Å². The van der Waals surface area contributed by atoms with Gasteiger partial charge in [-0.2, -0.15) is 0 Å². The van der Waals surface area contributed by atoms with Gasteiger partial charge < -0.3 is 4.74 Å². The van der Waals surface area contributed by atoms with Crippen LogP contribution in [0, 0.1) is 6.92 Å². The molecule has 106 valence electrons. The first kappa shape index (κ1) is 15.0. The van der Waals surface area contributed by atoms with Gasteiger partial charge in [-0.3, -0.25) is 16.3 Å². The van der Waals surface area contributed by atoms with Gasteiger partial charge in [0, 0.05) is 16.4 Å². The van der Waals surface area contributed by atoms with Crippen LogP contribution in [0.25, 0.3) is 0 Å². The number of ether oxygens (including phenoxy) is 1. The van der Waals surface area contributed by atoms with E-state index in [0.29, 0.717) is 0 Å². The van der Waals surface area contributed by atoms with Gasteiger partial charge in [-0.15, -0.1) is 0 Å². The normalized spacial score (nSPS) is 12.2. The summed E-state index contributed by atoms with van der Waals surface area (Å²) in [5.41, 5.74) is 5.98. The number of pyridine rings is 1. The topological polar surface area (TPSA) is 60.2 Å². The third-order valence-corrected chi connectivity index (χ3v) is 3.70. The molecule has 20 heavy (non-hydrogen) atoms. The fraction of sp³-hybridized carbons (Fsp3) is 0.267. The van der Waals surface area contributed by atoms with E-state index in [2.05, 4.69) is 26.3 Å². The third-order valence-electron chi connectivity index (χ3n) is 3.20. The molecule has 0 radical (unpaired) electrons. The van der Waals surface area contributed by atoms with Crippen molar-refractivity contribution in [3.8, 4) is 5.75 Å². The van der Waals surface area contributed by atoms with Crippen molar-refractivity contribution in [1.82, 2.24) is 10.4 Å². The van der Waals surface area contributed by atoms with Crippen LogP contribution in [0.4, 0.5) is 0 Å². The zero-order valence-corrected chi connectivity index (χ0v) is 13.1. The molecule has 2 aromatic rings. The van der Waals surface area contributed by atoms with Crippen LogP contribution < -0.4 is 16.0 Å². The lowest BCUT2D eigenvalue weighted by Crippen LogP contribution is -2.29. The summed E-state index contributed by atoms with van der Waals surface area (Å²) >= 11 is 3.48. The number of benzene rings is 1. The number of nitrogens with zero attached hydrogens (tertiary/aromatic N) is 1.